The van der Waals surface area contributed by atoms with E-state index in [-0.39, 0.29) is 17.7 Å². The minimum atomic E-state index is -0.102. The molecule has 154 valence electrons. The van der Waals surface area contributed by atoms with E-state index < -0.39 is 0 Å². The van der Waals surface area contributed by atoms with Crippen LogP contribution in [0.2, 0.25) is 0 Å². The molecule has 0 spiro atoms. The van der Waals surface area contributed by atoms with E-state index in [1.54, 1.807) is 19.9 Å². The van der Waals surface area contributed by atoms with Crippen LogP contribution in [0.4, 0.5) is 5.82 Å². The van der Waals surface area contributed by atoms with Gasteiger partial charge in [0.2, 0.25) is 11.8 Å². The number of nitrogens with zero attached hydrogens (tertiary/aromatic N) is 5. The summed E-state index contributed by atoms with van der Waals surface area (Å²) in [7, 11) is 0. The van der Waals surface area contributed by atoms with Gasteiger partial charge in [-0.05, 0) is 26.3 Å². The third-order valence-corrected chi connectivity index (χ3v) is 5.53. The van der Waals surface area contributed by atoms with Gasteiger partial charge in [-0.15, -0.1) is 0 Å². The smallest absolute Gasteiger partial charge is 0.239 e. The van der Waals surface area contributed by atoms with E-state index >= 15 is 0 Å². The Kier molecular flexibility index (Phi) is 5.57. The molecule has 9 nitrogen and oxygen atoms in total. The van der Waals surface area contributed by atoms with Crippen LogP contribution in [0.25, 0.3) is 0 Å². The number of aromatic nitrogens is 3. The van der Waals surface area contributed by atoms with Crippen molar-refractivity contribution in [2.45, 2.75) is 45.6 Å². The van der Waals surface area contributed by atoms with Gasteiger partial charge in [0.1, 0.15) is 11.6 Å². The molecular formula is C20H26N6O3. The van der Waals surface area contributed by atoms with Crippen LogP contribution in [0.15, 0.2) is 16.8 Å². The van der Waals surface area contributed by atoms with E-state index in [0.29, 0.717) is 31.2 Å². The molecule has 1 unspecified atom stereocenters. The van der Waals surface area contributed by atoms with Gasteiger partial charge in [-0.1, -0.05) is 5.16 Å². The average molecular weight is 398 g/mol. The van der Waals surface area contributed by atoms with Crippen molar-refractivity contribution < 1.29 is 14.1 Å². The Hall–Kier alpha value is -2.81. The molecule has 2 aromatic heterocycles. The molecule has 0 aromatic carbocycles. The fourth-order valence-corrected chi connectivity index (χ4v) is 4.02. The van der Waals surface area contributed by atoms with Crippen LogP contribution < -0.4 is 5.32 Å². The highest BCUT2D eigenvalue weighted by molar-refractivity contribution is 5.91. The maximum atomic E-state index is 12.3. The predicted molar refractivity (Wildman–Crippen MR) is 105 cm³/mol. The number of rotatable bonds is 4. The Labute approximate surface area is 169 Å². The Morgan fingerprint density at radius 1 is 1.34 bits per heavy atom. The molecule has 4 heterocycles. The number of amides is 2. The molecule has 1 fully saturated rings. The first-order valence-electron chi connectivity index (χ1n) is 10.0. The summed E-state index contributed by atoms with van der Waals surface area (Å²) in [6, 6.07) is 1.70. The standard InChI is InChI=1S/C20H26N6O3/c1-13-8-18(24-29-13)23-19(28)12-25-6-3-4-15(10-25)20-21-9-16-11-26(14(2)27)7-5-17(16)22-20/h8-9,15H,3-7,10-12H2,1-2H3,(H,23,24,28). The second kappa shape index (κ2) is 8.28. The highest BCUT2D eigenvalue weighted by atomic mass is 16.5. The lowest BCUT2D eigenvalue weighted by atomic mass is 9.96. The van der Waals surface area contributed by atoms with Gasteiger partial charge in [0, 0.05) is 56.7 Å². The third kappa shape index (κ3) is 4.61. The number of carbonyl (C=O) groups excluding carboxylic acids is 2. The summed E-state index contributed by atoms with van der Waals surface area (Å²) < 4.78 is 4.98. The lowest BCUT2D eigenvalue weighted by Crippen LogP contribution is -2.40. The van der Waals surface area contributed by atoms with Crippen molar-refractivity contribution in [2.75, 3.05) is 31.5 Å². The first-order valence-corrected chi connectivity index (χ1v) is 10.0. The van der Waals surface area contributed by atoms with Gasteiger partial charge in [0.05, 0.1) is 12.2 Å². The SMILES string of the molecule is CC(=O)N1CCc2nc(C3CCCN(CC(=O)Nc4cc(C)on4)C3)ncc2C1. The van der Waals surface area contributed by atoms with E-state index in [9.17, 15) is 9.59 Å². The number of fused-ring (bicyclic) bond motifs is 1. The number of likely N-dealkylation sites (tertiary alicyclic amines) is 1. The summed E-state index contributed by atoms with van der Waals surface area (Å²) in [4.78, 5) is 37.3. The Morgan fingerprint density at radius 2 is 2.21 bits per heavy atom. The van der Waals surface area contributed by atoms with E-state index in [1.165, 1.54) is 0 Å². The minimum Gasteiger partial charge on any atom is -0.360 e. The van der Waals surface area contributed by atoms with Crippen molar-refractivity contribution >= 4 is 17.6 Å². The summed E-state index contributed by atoms with van der Waals surface area (Å²) in [5.74, 6) is 2.14. The molecule has 4 rings (SSSR count). The van der Waals surface area contributed by atoms with Gasteiger partial charge in [-0.2, -0.15) is 0 Å². The van der Waals surface area contributed by atoms with Crippen molar-refractivity contribution in [3.8, 4) is 0 Å². The molecule has 2 amide bonds. The summed E-state index contributed by atoms with van der Waals surface area (Å²) in [6.07, 6.45) is 4.64. The Morgan fingerprint density at radius 3 is 2.97 bits per heavy atom. The zero-order valence-corrected chi connectivity index (χ0v) is 16.8. The maximum Gasteiger partial charge on any atom is 0.239 e. The molecule has 0 aliphatic carbocycles. The molecule has 0 saturated carbocycles. The fourth-order valence-electron chi connectivity index (χ4n) is 4.02. The van der Waals surface area contributed by atoms with Crippen molar-refractivity contribution in [1.29, 1.82) is 0 Å². The number of hydrogen-bond acceptors (Lipinski definition) is 7. The first-order chi connectivity index (χ1) is 14.0. The summed E-state index contributed by atoms with van der Waals surface area (Å²) in [6.45, 7) is 6.61. The fraction of sp³-hybridized carbons (Fsp3) is 0.550. The van der Waals surface area contributed by atoms with Crippen molar-refractivity contribution in [1.82, 2.24) is 24.9 Å². The van der Waals surface area contributed by atoms with Crippen LogP contribution in [0.1, 0.15) is 48.5 Å². The van der Waals surface area contributed by atoms with E-state index in [0.717, 1.165) is 49.4 Å². The van der Waals surface area contributed by atoms with E-state index in [1.807, 2.05) is 11.1 Å². The number of carbonyl (C=O) groups is 2. The molecular weight excluding hydrogens is 372 g/mol. The largest absolute Gasteiger partial charge is 0.360 e. The second-order valence-corrected chi connectivity index (χ2v) is 7.84. The highest BCUT2D eigenvalue weighted by Crippen LogP contribution is 2.26. The number of piperidine rings is 1. The number of anilines is 1. The van der Waals surface area contributed by atoms with Gasteiger partial charge in [0.25, 0.3) is 0 Å². The molecule has 29 heavy (non-hydrogen) atoms. The van der Waals surface area contributed by atoms with Crippen LogP contribution in [0.3, 0.4) is 0 Å². The molecule has 0 radical (unpaired) electrons. The Balaban J connectivity index is 1.37. The summed E-state index contributed by atoms with van der Waals surface area (Å²) in [5.41, 5.74) is 2.08. The molecule has 2 aliphatic heterocycles. The lowest BCUT2D eigenvalue weighted by Gasteiger charge is -2.32. The summed E-state index contributed by atoms with van der Waals surface area (Å²) in [5, 5.41) is 6.57. The average Bonchev–Trinajstić information content (AvgIpc) is 3.11. The minimum absolute atomic E-state index is 0.0849. The van der Waals surface area contributed by atoms with E-state index in [2.05, 4.69) is 20.4 Å². The van der Waals surface area contributed by atoms with Crippen LogP contribution in [-0.2, 0) is 22.6 Å². The molecule has 2 aliphatic rings. The zero-order valence-electron chi connectivity index (χ0n) is 16.8. The van der Waals surface area contributed by atoms with Gasteiger partial charge < -0.3 is 14.7 Å². The van der Waals surface area contributed by atoms with Gasteiger partial charge in [-0.3, -0.25) is 14.5 Å². The van der Waals surface area contributed by atoms with E-state index in [4.69, 9.17) is 9.51 Å². The van der Waals surface area contributed by atoms with Crippen molar-refractivity contribution in [2.24, 2.45) is 0 Å². The van der Waals surface area contributed by atoms with Crippen LogP contribution in [0.5, 0.6) is 0 Å². The highest BCUT2D eigenvalue weighted by Gasteiger charge is 2.27. The van der Waals surface area contributed by atoms with Gasteiger partial charge in [0.15, 0.2) is 5.82 Å². The predicted octanol–water partition coefficient (Wildman–Crippen LogP) is 1.50. The van der Waals surface area contributed by atoms with Crippen molar-refractivity contribution in [3.63, 3.8) is 0 Å². The quantitative estimate of drug-likeness (QED) is 0.832. The molecule has 1 N–H and O–H groups in total. The van der Waals surface area contributed by atoms with Gasteiger partial charge >= 0.3 is 0 Å². The van der Waals surface area contributed by atoms with Crippen LogP contribution in [0, 0.1) is 6.92 Å². The monoisotopic (exact) mass is 398 g/mol. The number of nitrogens with one attached hydrogen (secondary N) is 1. The molecule has 0 bridgehead atoms. The Bertz CT molecular complexity index is 911. The number of hydrogen-bond donors (Lipinski definition) is 1. The molecule has 1 atom stereocenters. The van der Waals surface area contributed by atoms with Crippen LogP contribution >= 0.6 is 0 Å². The van der Waals surface area contributed by atoms with Crippen LogP contribution in [-0.4, -0.2) is 62.9 Å². The zero-order chi connectivity index (χ0) is 20.4. The normalized spacial score (nSPS) is 19.7. The molecule has 9 heteroatoms. The van der Waals surface area contributed by atoms with Gasteiger partial charge in [-0.25, -0.2) is 9.97 Å². The maximum absolute atomic E-state index is 12.3. The second-order valence-electron chi connectivity index (χ2n) is 7.84. The molecule has 2 aromatic rings. The third-order valence-electron chi connectivity index (χ3n) is 5.53. The molecule has 1 saturated heterocycles. The lowest BCUT2D eigenvalue weighted by molar-refractivity contribution is -0.129. The first kappa shape index (κ1) is 19.5. The summed E-state index contributed by atoms with van der Waals surface area (Å²) >= 11 is 0. The van der Waals surface area contributed by atoms with Crippen molar-refractivity contribution in [3.05, 3.63) is 35.1 Å². The number of aryl methyl sites for hydroxylation is 1. The topological polar surface area (TPSA) is 104 Å².